The van der Waals surface area contributed by atoms with Crippen molar-refractivity contribution in [3.63, 3.8) is 0 Å². The highest BCUT2D eigenvalue weighted by Gasteiger charge is 2.12. The lowest BCUT2D eigenvalue weighted by molar-refractivity contribution is -0.116. The van der Waals surface area contributed by atoms with Gasteiger partial charge in [0.2, 0.25) is 0 Å². The largest absolute Gasteiger partial charge is 0.497 e. The first-order valence-corrected chi connectivity index (χ1v) is 6.94. The summed E-state index contributed by atoms with van der Waals surface area (Å²) in [7, 11) is 1.62. The van der Waals surface area contributed by atoms with Crippen LogP contribution in [0.1, 0.15) is 18.4 Å². The average Bonchev–Trinajstić information content (AvgIpc) is 2.86. The Morgan fingerprint density at radius 3 is 2.59 bits per heavy atom. The van der Waals surface area contributed by atoms with Crippen molar-refractivity contribution in [2.45, 2.75) is 20.3 Å². The van der Waals surface area contributed by atoms with Crippen LogP contribution in [0.2, 0.25) is 0 Å². The maximum Gasteiger partial charge on any atom is 0.163 e. The number of ketones is 1. The van der Waals surface area contributed by atoms with Gasteiger partial charge in [0, 0.05) is 18.1 Å². The molecule has 0 atom stereocenters. The molecule has 0 saturated heterocycles. The van der Waals surface area contributed by atoms with Crippen LogP contribution >= 0.6 is 0 Å². The quantitative estimate of drug-likeness (QED) is 0.738. The lowest BCUT2D eigenvalue weighted by atomic mass is 10.2. The Bertz CT molecular complexity index is 837. The molecule has 0 unspecified atom stereocenters. The zero-order valence-corrected chi connectivity index (χ0v) is 12.7. The third kappa shape index (κ3) is 2.67. The molecule has 0 radical (unpaired) electrons. The summed E-state index contributed by atoms with van der Waals surface area (Å²) in [6, 6.07) is 9.35. The fraction of sp³-hybridized carbons (Fsp3) is 0.250. The van der Waals surface area contributed by atoms with E-state index in [1.165, 1.54) is 0 Å². The van der Waals surface area contributed by atoms with Gasteiger partial charge in [0.05, 0.1) is 12.8 Å². The number of fused-ring (bicyclic) bond motifs is 1. The van der Waals surface area contributed by atoms with Gasteiger partial charge >= 0.3 is 0 Å². The number of nitrogens with zero attached hydrogens (tertiary/aromatic N) is 4. The summed E-state index contributed by atoms with van der Waals surface area (Å²) in [5.74, 6) is 2.16. The van der Waals surface area contributed by atoms with Crippen molar-refractivity contribution < 1.29 is 9.53 Å². The minimum Gasteiger partial charge on any atom is -0.497 e. The van der Waals surface area contributed by atoms with Gasteiger partial charge in [-0.2, -0.15) is 4.52 Å². The summed E-state index contributed by atoms with van der Waals surface area (Å²) >= 11 is 0. The van der Waals surface area contributed by atoms with Crippen molar-refractivity contribution in [1.29, 1.82) is 0 Å². The molecule has 0 N–H and O–H groups in total. The number of carbonyl (C=O) groups is 1. The molecule has 0 aliphatic carbocycles. The maximum absolute atomic E-state index is 11.4. The van der Waals surface area contributed by atoms with Gasteiger partial charge in [0.15, 0.2) is 11.5 Å². The standard InChI is InChI=1S/C16H16N4O2/c1-10(21)8-13-9-15-17-11(2)19-20(15)16(18-13)12-4-6-14(22-3)7-5-12/h4-7,9H,8H2,1-3H3. The maximum atomic E-state index is 11.4. The van der Waals surface area contributed by atoms with E-state index in [-0.39, 0.29) is 12.2 Å². The lowest BCUT2D eigenvalue weighted by Crippen LogP contribution is -2.05. The Morgan fingerprint density at radius 1 is 1.23 bits per heavy atom. The molecule has 6 nitrogen and oxygen atoms in total. The Balaban J connectivity index is 2.18. The zero-order chi connectivity index (χ0) is 15.7. The average molecular weight is 296 g/mol. The number of aromatic nitrogens is 4. The van der Waals surface area contributed by atoms with E-state index in [1.807, 2.05) is 31.2 Å². The second-order valence-corrected chi connectivity index (χ2v) is 5.11. The molecule has 0 fully saturated rings. The summed E-state index contributed by atoms with van der Waals surface area (Å²) in [5, 5.41) is 4.38. The predicted molar refractivity (Wildman–Crippen MR) is 81.9 cm³/mol. The van der Waals surface area contributed by atoms with E-state index >= 15 is 0 Å². The van der Waals surface area contributed by atoms with Crippen LogP contribution < -0.4 is 4.74 Å². The van der Waals surface area contributed by atoms with E-state index in [0.29, 0.717) is 23.0 Å². The highest BCUT2D eigenvalue weighted by atomic mass is 16.5. The second-order valence-electron chi connectivity index (χ2n) is 5.11. The molecular weight excluding hydrogens is 280 g/mol. The monoisotopic (exact) mass is 296 g/mol. The fourth-order valence-corrected chi connectivity index (χ4v) is 2.32. The van der Waals surface area contributed by atoms with Crippen LogP contribution in [0.25, 0.3) is 17.0 Å². The number of ether oxygens (including phenoxy) is 1. The van der Waals surface area contributed by atoms with Crippen LogP contribution in [0, 0.1) is 6.92 Å². The Hall–Kier alpha value is -2.76. The van der Waals surface area contributed by atoms with Crippen molar-refractivity contribution in [3.8, 4) is 17.1 Å². The van der Waals surface area contributed by atoms with Gasteiger partial charge in [-0.05, 0) is 38.1 Å². The molecular formula is C16H16N4O2. The van der Waals surface area contributed by atoms with E-state index in [4.69, 9.17) is 4.74 Å². The van der Waals surface area contributed by atoms with E-state index in [9.17, 15) is 4.79 Å². The molecule has 0 aliphatic heterocycles. The molecule has 2 aromatic heterocycles. The molecule has 0 aliphatic rings. The van der Waals surface area contributed by atoms with Crippen LogP contribution in [0.5, 0.6) is 5.75 Å². The number of aryl methyl sites for hydroxylation is 1. The van der Waals surface area contributed by atoms with Crippen LogP contribution in [0.15, 0.2) is 30.3 Å². The third-order valence-corrected chi connectivity index (χ3v) is 3.26. The Morgan fingerprint density at radius 2 is 1.95 bits per heavy atom. The van der Waals surface area contributed by atoms with Crippen LogP contribution in [0.3, 0.4) is 0 Å². The number of rotatable bonds is 4. The van der Waals surface area contributed by atoms with Crippen LogP contribution in [0.4, 0.5) is 0 Å². The van der Waals surface area contributed by atoms with E-state index in [1.54, 1.807) is 24.6 Å². The molecule has 0 saturated carbocycles. The molecule has 3 aromatic rings. The molecule has 0 amide bonds. The Kier molecular flexibility index (Phi) is 3.58. The number of benzene rings is 1. The number of hydrogen-bond acceptors (Lipinski definition) is 5. The molecule has 1 aromatic carbocycles. The van der Waals surface area contributed by atoms with Gasteiger partial charge in [0.25, 0.3) is 0 Å². The van der Waals surface area contributed by atoms with Crippen LogP contribution in [-0.4, -0.2) is 32.5 Å². The molecule has 0 bridgehead atoms. The van der Waals surface area contributed by atoms with E-state index in [0.717, 1.165) is 11.3 Å². The number of hydrogen-bond donors (Lipinski definition) is 0. The van der Waals surface area contributed by atoms with Crippen molar-refractivity contribution in [2.75, 3.05) is 7.11 Å². The molecule has 112 valence electrons. The third-order valence-electron chi connectivity index (χ3n) is 3.26. The van der Waals surface area contributed by atoms with Crippen molar-refractivity contribution in [2.24, 2.45) is 0 Å². The van der Waals surface area contributed by atoms with Gasteiger partial charge in [-0.15, -0.1) is 5.10 Å². The Labute approximate surface area is 127 Å². The van der Waals surface area contributed by atoms with Gasteiger partial charge in [-0.3, -0.25) is 4.79 Å². The SMILES string of the molecule is COc1ccc(-c2nc(CC(C)=O)cc3nc(C)nn23)cc1. The predicted octanol–water partition coefficient (Wildman–Crippen LogP) is 2.24. The summed E-state index contributed by atoms with van der Waals surface area (Å²) < 4.78 is 6.87. The van der Waals surface area contributed by atoms with Crippen molar-refractivity contribution in [1.82, 2.24) is 19.6 Å². The van der Waals surface area contributed by atoms with Gasteiger partial charge < -0.3 is 4.74 Å². The van der Waals surface area contributed by atoms with Gasteiger partial charge in [0.1, 0.15) is 17.4 Å². The molecule has 2 heterocycles. The first kappa shape index (κ1) is 14.2. The smallest absolute Gasteiger partial charge is 0.163 e. The number of Topliss-reactive ketones (excluding diaryl/α,β-unsaturated/α-hetero) is 1. The summed E-state index contributed by atoms with van der Waals surface area (Å²) in [4.78, 5) is 20.3. The fourth-order valence-electron chi connectivity index (χ4n) is 2.32. The molecule has 0 spiro atoms. The minimum absolute atomic E-state index is 0.0637. The summed E-state index contributed by atoms with van der Waals surface area (Å²) in [6.07, 6.45) is 0.283. The topological polar surface area (TPSA) is 69.4 Å². The highest BCUT2D eigenvalue weighted by Crippen LogP contribution is 2.22. The van der Waals surface area contributed by atoms with E-state index in [2.05, 4.69) is 15.1 Å². The second kappa shape index (κ2) is 5.55. The van der Waals surface area contributed by atoms with Gasteiger partial charge in [-0.25, -0.2) is 9.97 Å². The van der Waals surface area contributed by atoms with E-state index < -0.39 is 0 Å². The molecule has 6 heteroatoms. The van der Waals surface area contributed by atoms with Crippen LogP contribution in [-0.2, 0) is 11.2 Å². The van der Waals surface area contributed by atoms with Crippen molar-refractivity contribution >= 4 is 11.4 Å². The summed E-state index contributed by atoms with van der Waals surface area (Å²) in [6.45, 7) is 3.38. The first-order valence-electron chi connectivity index (χ1n) is 6.94. The summed E-state index contributed by atoms with van der Waals surface area (Å²) in [5.41, 5.74) is 2.27. The number of methoxy groups -OCH3 is 1. The zero-order valence-electron chi connectivity index (χ0n) is 12.7. The molecule has 22 heavy (non-hydrogen) atoms. The normalized spacial score (nSPS) is 10.9. The first-order chi connectivity index (χ1) is 10.6. The van der Waals surface area contributed by atoms with Crippen molar-refractivity contribution in [3.05, 3.63) is 41.9 Å². The lowest BCUT2D eigenvalue weighted by Gasteiger charge is -2.07. The number of carbonyl (C=O) groups excluding carboxylic acids is 1. The minimum atomic E-state index is 0.0637. The highest BCUT2D eigenvalue weighted by molar-refractivity contribution is 5.78. The van der Waals surface area contributed by atoms with Gasteiger partial charge in [-0.1, -0.05) is 0 Å². The molecule has 3 rings (SSSR count).